The van der Waals surface area contributed by atoms with Crippen LogP contribution in [0.1, 0.15) is 23.5 Å². The monoisotopic (exact) mass is 608 g/mol. The number of anilines is 3. The van der Waals surface area contributed by atoms with Crippen LogP contribution in [-0.4, -0.2) is 57.0 Å². The molecule has 3 aromatic carbocycles. The molecule has 0 aliphatic heterocycles. The Morgan fingerprint density at radius 1 is 0.891 bits per heavy atom. The summed E-state index contributed by atoms with van der Waals surface area (Å²) < 4.78 is 2.03. The van der Waals surface area contributed by atoms with E-state index in [9.17, 15) is 4.79 Å². The zero-order valence-corrected chi connectivity index (χ0v) is 25.9. The summed E-state index contributed by atoms with van der Waals surface area (Å²) in [5.41, 5.74) is 8.12. The molecule has 1 fully saturated rings. The summed E-state index contributed by atoms with van der Waals surface area (Å²) in [4.78, 5) is 29.5. The first-order chi connectivity index (χ1) is 22.5. The number of aromatic nitrogens is 4. The second kappa shape index (κ2) is 12.8. The molecule has 0 spiro atoms. The highest BCUT2D eigenvalue weighted by Crippen LogP contribution is 2.40. The van der Waals surface area contributed by atoms with Crippen molar-refractivity contribution in [1.29, 1.82) is 0 Å². The van der Waals surface area contributed by atoms with Gasteiger partial charge in [0.25, 0.3) is 0 Å². The summed E-state index contributed by atoms with van der Waals surface area (Å²) in [5.74, 6) is 0.859. The van der Waals surface area contributed by atoms with E-state index in [4.69, 9.17) is 9.97 Å². The molecule has 7 rings (SSSR count). The number of hydrogen-bond donors (Lipinski definition) is 3. The molecule has 3 aromatic heterocycles. The number of nitrogens with zero attached hydrogens (tertiary/aromatic N) is 5. The van der Waals surface area contributed by atoms with Crippen LogP contribution in [0.4, 0.5) is 22.1 Å². The molecule has 0 radical (unpaired) electrons. The van der Waals surface area contributed by atoms with Crippen LogP contribution in [0, 0.1) is 0 Å². The maximum Gasteiger partial charge on any atom is 0.319 e. The second-order valence-corrected chi connectivity index (χ2v) is 11.9. The standard InChI is InChI=1S/C37H36N8O/c1-44(2)21-18-25-10-8-14-28(22-25)39-36-38-19-17-31(41-36)35-34(43-33-16-6-7-20-45(33)35)27-13-9-15-29(23-27)40-37(46)42-32-24-30(32)26-11-4-3-5-12-26/h3-17,19-20,22-23,30,32H,18,21,24H2,1-2H3,(H,38,39,41)(H2,40,42,46). The SMILES string of the molecule is CN(C)CCc1cccc(Nc2nccc(-c3c(-c4cccc(NC(=O)NC5CC5c5ccccc5)c4)nc4ccccn34)n2)c1. The number of pyridine rings is 1. The Morgan fingerprint density at radius 3 is 2.59 bits per heavy atom. The number of carbonyl (C=O) groups is 1. The molecule has 230 valence electrons. The lowest BCUT2D eigenvalue weighted by Gasteiger charge is -2.12. The van der Waals surface area contributed by atoms with Gasteiger partial charge in [0.05, 0.1) is 17.1 Å². The smallest absolute Gasteiger partial charge is 0.319 e. The van der Waals surface area contributed by atoms with Crippen molar-refractivity contribution in [2.24, 2.45) is 0 Å². The number of hydrogen-bond acceptors (Lipinski definition) is 6. The molecule has 2 amide bonds. The summed E-state index contributed by atoms with van der Waals surface area (Å²) in [6, 6.07) is 34.2. The van der Waals surface area contributed by atoms with Crippen molar-refractivity contribution >= 4 is 29.0 Å². The quantitative estimate of drug-likeness (QED) is 0.155. The van der Waals surface area contributed by atoms with Gasteiger partial charge in [-0.25, -0.2) is 19.7 Å². The Hall–Kier alpha value is -5.54. The number of rotatable bonds is 10. The molecular formula is C37H36N8O. The van der Waals surface area contributed by atoms with E-state index in [-0.39, 0.29) is 12.1 Å². The predicted octanol–water partition coefficient (Wildman–Crippen LogP) is 6.98. The molecule has 3 heterocycles. The highest BCUT2D eigenvalue weighted by Gasteiger charge is 2.39. The van der Waals surface area contributed by atoms with Crippen molar-refractivity contribution in [1.82, 2.24) is 29.6 Å². The van der Waals surface area contributed by atoms with Gasteiger partial charge in [-0.1, -0.05) is 60.7 Å². The van der Waals surface area contributed by atoms with Crippen LogP contribution >= 0.6 is 0 Å². The van der Waals surface area contributed by atoms with Gasteiger partial charge < -0.3 is 20.9 Å². The van der Waals surface area contributed by atoms with E-state index in [2.05, 4.69) is 64.2 Å². The molecule has 0 bridgehead atoms. The third-order valence-corrected chi connectivity index (χ3v) is 8.19. The van der Waals surface area contributed by atoms with Gasteiger partial charge in [0.15, 0.2) is 0 Å². The average Bonchev–Trinajstić information content (AvgIpc) is 3.72. The van der Waals surface area contributed by atoms with E-state index < -0.39 is 0 Å². The Morgan fingerprint density at radius 2 is 1.72 bits per heavy atom. The van der Waals surface area contributed by atoms with Crippen LogP contribution < -0.4 is 16.0 Å². The van der Waals surface area contributed by atoms with Gasteiger partial charge in [0, 0.05) is 47.8 Å². The lowest BCUT2D eigenvalue weighted by Crippen LogP contribution is -2.31. The minimum absolute atomic E-state index is 0.136. The first-order valence-electron chi connectivity index (χ1n) is 15.5. The molecule has 1 aliphatic carbocycles. The van der Waals surface area contributed by atoms with Crippen LogP contribution in [0.15, 0.2) is 116 Å². The molecule has 46 heavy (non-hydrogen) atoms. The van der Waals surface area contributed by atoms with Crippen LogP contribution in [-0.2, 0) is 6.42 Å². The number of nitrogens with one attached hydrogen (secondary N) is 3. The predicted molar refractivity (Wildman–Crippen MR) is 183 cm³/mol. The van der Waals surface area contributed by atoms with Gasteiger partial charge in [-0.3, -0.25) is 4.40 Å². The number of fused-ring (bicyclic) bond motifs is 1. The van der Waals surface area contributed by atoms with Crippen LogP contribution in [0.25, 0.3) is 28.3 Å². The molecule has 1 aliphatic rings. The summed E-state index contributed by atoms with van der Waals surface area (Å²) >= 11 is 0. The molecule has 9 heteroatoms. The van der Waals surface area contributed by atoms with Gasteiger partial charge in [0.1, 0.15) is 5.65 Å². The average molecular weight is 609 g/mol. The highest BCUT2D eigenvalue weighted by atomic mass is 16.2. The number of imidazole rings is 1. The number of benzene rings is 3. The minimum Gasteiger partial charge on any atom is -0.334 e. The first kappa shape index (κ1) is 29.2. The van der Waals surface area contributed by atoms with Crippen molar-refractivity contribution in [2.75, 3.05) is 31.3 Å². The highest BCUT2D eigenvalue weighted by molar-refractivity contribution is 5.91. The second-order valence-electron chi connectivity index (χ2n) is 11.9. The topological polar surface area (TPSA) is 99.5 Å². The minimum atomic E-state index is -0.215. The van der Waals surface area contributed by atoms with Gasteiger partial charge >= 0.3 is 6.03 Å². The maximum atomic E-state index is 12.9. The largest absolute Gasteiger partial charge is 0.334 e. The lowest BCUT2D eigenvalue weighted by molar-refractivity contribution is 0.251. The molecule has 1 saturated carbocycles. The maximum absolute atomic E-state index is 12.9. The molecule has 3 N–H and O–H groups in total. The zero-order chi connectivity index (χ0) is 31.5. The van der Waals surface area contributed by atoms with E-state index in [1.807, 2.05) is 89.5 Å². The Bertz CT molecular complexity index is 1990. The normalized spacial score (nSPS) is 15.5. The number of carbonyl (C=O) groups excluding carboxylic acids is 1. The fourth-order valence-electron chi connectivity index (χ4n) is 5.78. The Labute approximate surface area is 268 Å². The van der Waals surface area contributed by atoms with Gasteiger partial charge in [-0.15, -0.1) is 0 Å². The van der Waals surface area contributed by atoms with E-state index in [1.54, 1.807) is 6.20 Å². The molecule has 2 unspecified atom stereocenters. The number of likely N-dealkylation sites (N-methyl/N-ethyl adjacent to an activating group) is 1. The summed E-state index contributed by atoms with van der Waals surface area (Å²) in [7, 11) is 4.16. The summed E-state index contributed by atoms with van der Waals surface area (Å²) in [6.07, 6.45) is 5.65. The van der Waals surface area contributed by atoms with E-state index in [1.165, 1.54) is 11.1 Å². The van der Waals surface area contributed by atoms with E-state index >= 15 is 0 Å². The van der Waals surface area contributed by atoms with Gasteiger partial charge in [-0.05, 0) is 80.5 Å². The van der Waals surface area contributed by atoms with Crippen LogP contribution in [0.3, 0.4) is 0 Å². The summed E-state index contributed by atoms with van der Waals surface area (Å²) in [6.45, 7) is 0.975. The van der Waals surface area contributed by atoms with Gasteiger partial charge in [-0.2, -0.15) is 0 Å². The molecule has 9 nitrogen and oxygen atoms in total. The summed E-state index contributed by atoms with van der Waals surface area (Å²) in [5, 5.41) is 9.52. The number of amides is 2. The van der Waals surface area contributed by atoms with Crippen molar-refractivity contribution in [3.63, 3.8) is 0 Å². The van der Waals surface area contributed by atoms with Crippen molar-refractivity contribution in [2.45, 2.75) is 24.8 Å². The Kier molecular flexibility index (Phi) is 8.14. The third-order valence-electron chi connectivity index (χ3n) is 8.19. The molecule has 0 saturated heterocycles. The van der Waals surface area contributed by atoms with Crippen molar-refractivity contribution in [3.05, 3.63) is 127 Å². The lowest BCUT2D eigenvalue weighted by atomic mass is 10.1. The van der Waals surface area contributed by atoms with Crippen molar-refractivity contribution < 1.29 is 4.79 Å². The molecule has 6 aromatic rings. The molecule has 2 atom stereocenters. The van der Waals surface area contributed by atoms with Crippen LogP contribution in [0.5, 0.6) is 0 Å². The van der Waals surface area contributed by atoms with E-state index in [0.717, 1.165) is 53.4 Å². The fraction of sp³-hybridized carbons (Fsp3) is 0.189. The van der Waals surface area contributed by atoms with Gasteiger partial charge in [0.2, 0.25) is 5.95 Å². The number of urea groups is 1. The zero-order valence-electron chi connectivity index (χ0n) is 25.9. The van der Waals surface area contributed by atoms with E-state index in [0.29, 0.717) is 17.6 Å². The first-order valence-corrected chi connectivity index (χ1v) is 15.5. The molecular weight excluding hydrogens is 572 g/mol. The Balaban J connectivity index is 1.13. The third kappa shape index (κ3) is 6.60. The van der Waals surface area contributed by atoms with Crippen molar-refractivity contribution in [3.8, 4) is 22.6 Å². The van der Waals surface area contributed by atoms with Crippen LogP contribution in [0.2, 0.25) is 0 Å². The fourth-order valence-corrected chi connectivity index (χ4v) is 5.78.